The van der Waals surface area contributed by atoms with Crippen LogP contribution in [0.3, 0.4) is 0 Å². The lowest BCUT2D eigenvalue weighted by Gasteiger charge is -2.16. The number of aryl methyl sites for hydroxylation is 2. The number of aromatic nitrogens is 1. The number of rotatable bonds is 6. The van der Waals surface area contributed by atoms with Crippen LogP contribution in [0.5, 0.6) is 5.75 Å². The fourth-order valence-electron chi connectivity index (χ4n) is 3.43. The first kappa shape index (κ1) is 19.7. The van der Waals surface area contributed by atoms with Crippen LogP contribution in [0.2, 0.25) is 0 Å². The molecule has 0 aliphatic heterocycles. The number of ether oxygens (including phenoxy) is 1. The van der Waals surface area contributed by atoms with Crippen molar-refractivity contribution in [2.45, 2.75) is 33.4 Å². The van der Waals surface area contributed by atoms with Crippen molar-refractivity contribution in [1.29, 1.82) is 0 Å². The zero-order valence-electron chi connectivity index (χ0n) is 17.3. The summed E-state index contributed by atoms with van der Waals surface area (Å²) in [6.45, 7) is 6.07. The second-order valence-electron chi connectivity index (χ2n) is 7.42. The molecule has 1 unspecified atom stereocenters. The zero-order valence-corrected chi connectivity index (χ0v) is 17.3. The first-order chi connectivity index (χ1) is 14.5. The van der Waals surface area contributed by atoms with E-state index in [0.717, 1.165) is 28.0 Å². The molecule has 5 heteroatoms. The van der Waals surface area contributed by atoms with E-state index in [1.54, 1.807) is 12.1 Å². The molecule has 4 rings (SSSR count). The summed E-state index contributed by atoms with van der Waals surface area (Å²) in [4.78, 5) is 12.8. The van der Waals surface area contributed by atoms with Gasteiger partial charge in [0.15, 0.2) is 0 Å². The Morgan fingerprint density at radius 2 is 1.83 bits per heavy atom. The molecule has 5 nitrogen and oxygen atoms in total. The topological polar surface area (TPSA) is 64.4 Å². The predicted molar refractivity (Wildman–Crippen MR) is 117 cm³/mol. The normalized spacial score (nSPS) is 12.0. The third-order valence-corrected chi connectivity index (χ3v) is 5.28. The Kier molecular flexibility index (Phi) is 5.53. The Labute approximate surface area is 175 Å². The highest BCUT2D eigenvalue weighted by atomic mass is 16.5. The van der Waals surface area contributed by atoms with Crippen molar-refractivity contribution in [3.8, 4) is 5.75 Å². The largest absolute Gasteiger partial charge is 0.489 e. The van der Waals surface area contributed by atoms with Crippen LogP contribution in [0.4, 0.5) is 0 Å². The van der Waals surface area contributed by atoms with Gasteiger partial charge in [0.05, 0.1) is 17.3 Å². The monoisotopic (exact) mass is 400 g/mol. The Morgan fingerprint density at radius 3 is 2.60 bits per heavy atom. The van der Waals surface area contributed by atoms with Crippen molar-refractivity contribution in [2.75, 3.05) is 0 Å². The van der Waals surface area contributed by atoms with Gasteiger partial charge in [0.1, 0.15) is 18.1 Å². The van der Waals surface area contributed by atoms with Crippen LogP contribution in [0.25, 0.3) is 10.8 Å². The van der Waals surface area contributed by atoms with E-state index in [1.807, 2.05) is 45.0 Å². The number of hydrogen-bond acceptors (Lipinski definition) is 4. The highest BCUT2D eigenvalue weighted by molar-refractivity contribution is 5.95. The van der Waals surface area contributed by atoms with Crippen LogP contribution in [0.1, 0.15) is 45.9 Å². The molecule has 0 saturated heterocycles. The number of carbonyl (C=O) groups is 1. The molecule has 0 bridgehead atoms. The molecule has 0 aliphatic carbocycles. The average Bonchev–Trinajstić information content (AvgIpc) is 3.09. The minimum absolute atomic E-state index is 0.117. The van der Waals surface area contributed by atoms with Crippen LogP contribution < -0.4 is 10.1 Å². The molecular formula is C25H24N2O3. The minimum Gasteiger partial charge on any atom is -0.489 e. The molecular weight excluding hydrogens is 376 g/mol. The highest BCUT2D eigenvalue weighted by Crippen LogP contribution is 2.22. The molecule has 4 aromatic rings. The molecule has 1 heterocycles. The average molecular weight is 400 g/mol. The predicted octanol–water partition coefficient (Wildman–Crippen LogP) is 5.51. The van der Waals surface area contributed by atoms with Crippen molar-refractivity contribution in [3.05, 3.63) is 94.9 Å². The molecule has 1 aromatic heterocycles. The van der Waals surface area contributed by atoms with Gasteiger partial charge in [-0.15, -0.1) is 0 Å². The Balaban J connectivity index is 1.44. The van der Waals surface area contributed by atoms with Crippen molar-refractivity contribution < 1.29 is 14.1 Å². The number of benzene rings is 3. The van der Waals surface area contributed by atoms with Crippen LogP contribution in [0, 0.1) is 13.8 Å². The van der Waals surface area contributed by atoms with Gasteiger partial charge in [-0.2, -0.15) is 0 Å². The SMILES string of the molecule is Cc1noc(C)c1COc1cccc(C(=O)NC(C)c2ccc3ccccc3c2)c1. The second-order valence-corrected chi connectivity index (χ2v) is 7.42. The molecule has 3 aromatic carbocycles. The summed E-state index contributed by atoms with van der Waals surface area (Å²) in [5.41, 5.74) is 3.35. The van der Waals surface area contributed by atoms with Gasteiger partial charge in [-0.05, 0) is 61.4 Å². The Morgan fingerprint density at radius 1 is 1.03 bits per heavy atom. The molecule has 1 N–H and O–H groups in total. The number of fused-ring (bicyclic) bond motifs is 1. The number of amides is 1. The summed E-state index contributed by atoms with van der Waals surface area (Å²) in [5, 5.41) is 9.35. The first-order valence-electron chi connectivity index (χ1n) is 9.95. The molecule has 0 fully saturated rings. The standard InChI is InChI=1S/C25H24N2O3/c1-16(20-12-11-19-7-4-5-8-21(19)13-20)26-25(28)22-9-6-10-23(14-22)29-15-24-17(2)27-30-18(24)3/h4-14,16H,15H2,1-3H3,(H,26,28). The Hall–Kier alpha value is -3.60. The highest BCUT2D eigenvalue weighted by Gasteiger charge is 2.14. The molecule has 0 spiro atoms. The van der Waals surface area contributed by atoms with Gasteiger partial charge >= 0.3 is 0 Å². The second kappa shape index (κ2) is 8.41. The van der Waals surface area contributed by atoms with Gasteiger partial charge in [-0.25, -0.2) is 0 Å². The van der Waals surface area contributed by atoms with Gasteiger partial charge in [0, 0.05) is 5.56 Å². The molecule has 1 atom stereocenters. The lowest BCUT2D eigenvalue weighted by molar-refractivity contribution is 0.0939. The molecule has 0 radical (unpaired) electrons. The summed E-state index contributed by atoms with van der Waals surface area (Å²) < 4.78 is 11.0. The van der Waals surface area contributed by atoms with E-state index in [2.05, 4.69) is 40.8 Å². The Bertz CT molecular complexity index is 1180. The third kappa shape index (κ3) is 4.20. The number of hydrogen-bond donors (Lipinski definition) is 1. The molecule has 152 valence electrons. The summed E-state index contributed by atoms with van der Waals surface area (Å²) in [6, 6.07) is 21.5. The van der Waals surface area contributed by atoms with E-state index < -0.39 is 0 Å². The summed E-state index contributed by atoms with van der Waals surface area (Å²) in [6.07, 6.45) is 0. The lowest BCUT2D eigenvalue weighted by atomic mass is 10.0. The number of nitrogens with zero attached hydrogens (tertiary/aromatic N) is 1. The van der Waals surface area contributed by atoms with Crippen LogP contribution in [-0.4, -0.2) is 11.1 Å². The fourth-order valence-corrected chi connectivity index (χ4v) is 3.43. The first-order valence-corrected chi connectivity index (χ1v) is 9.95. The smallest absolute Gasteiger partial charge is 0.251 e. The van der Waals surface area contributed by atoms with Crippen molar-refractivity contribution >= 4 is 16.7 Å². The fraction of sp³-hybridized carbons (Fsp3) is 0.200. The maximum absolute atomic E-state index is 12.8. The third-order valence-electron chi connectivity index (χ3n) is 5.28. The summed E-state index contributed by atoms with van der Waals surface area (Å²) >= 11 is 0. The number of nitrogens with one attached hydrogen (secondary N) is 1. The summed E-state index contributed by atoms with van der Waals surface area (Å²) in [5.74, 6) is 1.23. The number of carbonyl (C=O) groups excluding carboxylic acids is 1. The summed E-state index contributed by atoms with van der Waals surface area (Å²) in [7, 11) is 0. The zero-order chi connectivity index (χ0) is 21.1. The van der Waals surface area contributed by atoms with Crippen LogP contribution >= 0.6 is 0 Å². The van der Waals surface area contributed by atoms with Gasteiger partial charge in [-0.3, -0.25) is 4.79 Å². The van der Waals surface area contributed by atoms with E-state index in [4.69, 9.17) is 9.26 Å². The minimum atomic E-state index is -0.140. The van der Waals surface area contributed by atoms with Crippen LogP contribution in [-0.2, 0) is 6.61 Å². The van der Waals surface area contributed by atoms with E-state index in [-0.39, 0.29) is 11.9 Å². The van der Waals surface area contributed by atoms with Crippen molar-refractivity contribution in [1.82, 2.24) is 10.5 Å². The maximum atomic E-state index is 12.8. The van der Waals surface area contributed by atoms with E-state index in [9.17, 15) is 4.79 Å². The molecule has 1 amide bonds. The van der Waals surface area contributed by atoms with Gasteiger partial charge in [0.25, 0.3) is 5.91 Å². The van der Waals surface area contributed by atoms with E-state index in [0.29, 0.717) is 17.9 Å². The van der Waals surface area contributed by atoms with Crippen molar-refractivity contribution in [3.63, 3.8) is 0 Å². The lowest BCUT2D eigenvalue weighted by Crippen LogP contribution is -2.26. The van der Waals surface area contributed by atoms with Crippen molar-refractivity contribution in [2.24, 2.45) is 0 Å². The van der Waals surface area contributed by atoms with E-state index >= 15 is 0 Å². The van der Waals surface area contributed by atoms with Gasteiger partial charge < -0.3 is 14.6 Å². The van der Waals surface area contributed by atoms with Crippen LogP contribution in [0.15, 0.2) is 71.3 Å². The quantitative estimate of drug-likeness (QED) is 0.463. The molecule has 0 saturated carbocycles. The van der Waals surface area contributed by atoms with Gasteiger partial charge in [0.2, 0.25) is 0 Å². The molecule has 0 aliphatic rings. The molecule has 30 heavy (non-hydrogen) atoms. The maximum Gasteiger partial charge on any atom is 0.251 e. The van der Waals surface area contributed by atoms with E-state index in [1.165, 1.54) is 5.39 Å². The van der Waals surface area contributed by atoms with Gasteiger partial charge in [-0.1, -0.05) is 47.6 Å².